The second-order valence-electron chi connectivity index (χ2n) is 3.46. The molecule has 84 valence electrons. The maximum Gasteiger partial charge on any atom is 0.358 e. The fourth-order valence-corrected chi connectivity index (χ4v) is 1.42. The second kappa shape index (κ2) is 3.69. The van der Waals surface area contributed by atoms with Crippen LogP contribution in [0.2, 0.25) is 0 Å². The molecule has 7 heteroatoms. The standard InChI is InChI=1S/C9H11N5O2/c1-13-3-6(2-11-13)4-14-5-7(10)8(12-14)9(15)16/h2-3,5H,4,10H2,1H3,(H,15,16). The van der Waals surface area contributed by atoms with Crippen LogP contribution >= 0.6 is 0 Å². The molecule has 2 aromatic heterocycles. The summed E-state index contributed by atoms with van der Waals surface area (Å²) in [5.74, 6) is -1.12. The summed E-state index contributed by atoms with van der Waals surface area (Å²) in [7, 11) is 1.81. The summed E-state index contributed by atoms with van der Waals surface area (Å²) in [6, 6.07) is 0. The third-order valence-corrected chi connectivity index (χ3v) is 2.10. The van der Waals surface area contributed by atoms with Crippen LogP contribution in [0.5, 0.6) is 0 Å². The number of rotatable bonds is 3. The zero-order chi connectivity index (χ0) is 11.7. The van der Waals surface area contributed by atoms with E-state index in [-0.39, 0.29) is 11.4 Å². The number of anilines is 1. The van der Waals surface area contributed by atoms with E-state index < -0.39 is 5.97 Å². The number of aryl methyl sites for hydroxylation is 1. The maximum atomic E-state index is 10.7. The molecular weight excluding hydrogens is 210 g/mol. The van der Waals surface area contributed by atoms with Gasteiger partial charge in [-0.25, -0.2) is 4.79 Å². The molecular formula is C9H11N5O2. The molecule has 0 bridgehead atoms. The fourth-order valence-electron chi connectivity index (χ4n) is 1.42. The van der Waals surface area contributed by atoms with E-state index in [9.17, 15) is 4.79 Å². The highest BCUT2D eigenvalue weighted by molar-refractivity contribution is 5.91. The number of carbonyl (C=O) groups is 1. The molecule has 2 heterocycles. The molecule has 0 aliphatic rings. The van der Waals surface area contributed by atoms with Gasteiger partial charge in [0.15, 0.2) is 5.69 Å². The molecule has 0 fully saturated rings. The highest BCUT2D eigenvalue weighted by atomic mass is 16.4. The van der Waals surface area contributed by atoms with Gasteiger partial charge in [-0.05, 0) is 0 Å². The smallest absolute Gasteiger partial charge is 0.358 e. The molecule has 0 amide bonds. The molecule has 3 N–H and O–H groups in total. The molecule has 0 aromatic carbocycles. The monoisotopic (exact) mass is 221 g/mol. The van der Waals surface area contributed by atoms with Gasteiger partial charge in [-0.15, -0.1) is 0 Å². The van der Waals surface area contributed by atoms with Crippen molar-refractivity contribution in [3.05, 3.63) is 29.8 Å². The fraction of sp³-hybridized carbons (Fsp3) is 0.222. The normalized spacial score (nSPS) is 10.6. The summed E-state index contributed by atoms with van der Waals surface area (Å²) >= 11 is 0. The molecule has 0 unspecified atom stereocenters. The Morgan fingerprint density at radius 3 is 2.81 bits per heavy atom. The van der Waals surface area contributed by atoms with Crippen LogP contribution < -0.4 is 5.73 Å². The molecule has 2 rings (SSSR count). The summed E-state index contributed by atoms with van der Waals surface area (Å²) in [6.45, 7) is 0.450. The molecule has 0 saturated carbocycles. The molecule has 16 heavy (non-hydrogen) atoms. The SMILES string of the molecule is Cn1cc(Cn2cc(N)c(C(=O)O)n2)cn1. The summed E-state index contributed by atoms with van der Waals surface area (Å²) < 4.78 is 3.15. The number of nitrogens with zero attached hydrogens (tertiary/aromatic N) is 4. The lowest BCUT2D eigenvalue weighted by atomic mass is 10.3. The Hall–Kier alpha value is -2.31. The van der Waals surface area contributed by atoms with Crippen LogP contribution in [0.4, 0.5) is 5.69 Å². The first kappa shape index (κ1) is 10.2. The number of aromatic carboxylic acids is 1. The summed E-state index contributed by atoms with van der Waals surface area (Å²) in [6.07, 6.45) is 5.02. The molecule has 0 radical (unpaired) electrons. The van der Waals surface area contributed by atoms with Gasteiger partial charge in [0, 0.05) is 25.0 Å². The number of carboxylic acid groups (broad SMARTS) is 1. The van der Waals surface area contributed by atoms with Gasteiger partial charge >= 0.3 is 5.97 Å². The number of nitrogens with two attached hydrogens (primary N) is 1. The molecule has 0 spiro atoms. The number of hydrogen-bond acceptors (Lipinski definition) is 4. The summed E-state index contributed by atoms with van der Waals surface area (Å²) in [5, 5.41) is 16.7. The number of carboxylic acids is 1. The zero-order valence-electron chi connectivity index (χ0n) is 8.66. The van der Waals surface area contributed by atoms with Crippen molar-refractivity contribution in [1.82, 2.24) is 19.6 Å². The van der Waals surface area contributed by atoms with Crippen LogP contribution in [0.15, 0.2) is 18.6 Å². The van der Waals surface area contributed by atoms with Crippen molar-refractivity contribution in [3.63, 3.8) is 0 Å². The Morgan fingerprint density at radius 2 is 2.31 bits per heavy atom. The minimum absolute atomic E-state index is 0.121. The van der Waals surface area contributed by atoms with Gasteiger partial charge < -0.3 is 10.8 Å². The van der Waals surface area contributed by atoms with E-state index in [1.54, 1.807) is 10.9 Å². The van der Waals surface area contributed by atoms with Crippen LogP contribution in [0.1, 0.15) is 16.1 Å². The first-order chi connectivity index (χ1) is 7.56. The first-order valence-corrected chi connectivity index (χ1v) is 4.60. The van der Waals surface area contributed by atoms with E-state index in [0.29, 0.717) is 6.54 Å². The van der Waals surface area contributed by atoms with Gasteiger partial charge in [-0.1, -0.05) is 0 Å². The Morgan fingerprint density at radius 1 is 1.56 bits per heavy atom. The van der Waals surface area contributed by atoms with Crippen LogP contribution in [0.25, 0.3) is 0 Å². The van der Waals surface area contributed by atoms with E-state index in [0.717, 1.165) is 5.56 Å². The van der Waals surface area contributed by atoms with Crippen molar-refractivity contribution < 1.29 is 9.90 Å². The van der Waals surface area contributed by atoms with Gasteiger partial charge in [0.25, 0.3) is 0 Å². The summed E-state index contributed by atoms with van der Waals surface area (Å²) in [5.41, 5.74) is 6.49. The van der Waals surface area contributed by atoms with Crippen molar-refractivity contribution in [2.75, 3.05) is 5.73 Å². The van der Waals surface area contributed by atoms with Gasteiger partial charge in [0.2, 0.25) is 0 Å². The third kappa shape index (κ3) is 1.88. The Balaban J connectivity index is 2.22. The molecule has 2 aromatic rings. The minimum Gasteiger partial charge on any atom is -0.476 e. The maximum absolute atomic E-state index is 10.7. The highest BCUT2D eigenvalue weighted by Crippen LogP contribution is 2.10. The zero-order valence-corrected chi connectivity index (χ0v) is 8.66. The van der Waals surface area contributed by atoms with Crippen LogP contribution in [0.3, 0.4) is 0 Å². The molecule has 0 aliphatic carbocycles. The average Bonchev–Trinajstić information content (AvgIpc) is 2.73. The average molecular weight is 221 g/mol. The molecule has 0 atom stereocenters. The van der Waals surface area contributed by atoms with Crippen LogP contribution in [-0.2, 0) is 13.6 Å². The predicted molar refractivity (Wildman–Crippen MR) is 55.9 cm³/mol. The van der Waals surface area contributed by atoms with Gasteiger partial charge in [-0.2, -0.15) is 10.2 Å². The van der Waals surface area contributed by atoms with E-state index >= 15 is 0 Å². The second-order valence-corrected chi connectivity index (χ2v) is 3.46. The Labute approximate surface area is 91.1 Å². The molecule has 0 aliphatic heterocycles. The van der Waals surface area contributed by atoms with Crippen LogP contribution in [-0.4, -0.2) is 30.6 Å². The van der Waals surface area contributed by atoms with Crippen LogP contribution in [0, 0.1) is 0 Å². The Bertz CT molecular complexity index is 528. The van der Waals surface area contributed by atoms with Gasteiger partial charge in [0.05, 0.1) is 18.4 Å². The van der Waals surface area contributed by atoms with Crippen molar-refractivity contribution in [1.29, 1.82) is 0 Å². The van der Waals surface area contributed by atoms with Crippen molar-refractivity contribution in [2.45, 2.75) is 6.54 Å². The van der Waals surface area contributed by atoms with Gasteiger partial charge in [0.1, 0.15) is 0 Å². The lowest BCUT2D eigenvalue weighted by Gasteiger charge is -1.96. The first-order valence-electron chi connectivity index (χ1n) is 4.60. The number of hydrogen-bond donors (Lipinski definition) is 2. The van der Waals surface area contributed by atoms with Crippen molar-refractivity contribution in [2.24, 2.45) is 7.05 Å². The van der Waals surface area contributed by atoms with Crippen molar-refractivity contribution >= 4 is 11.7 Å². The topological polar surface area (TPSA) is 99.0 Å². The largest absolute Gasteiger partial charge is 0.476 e. The summed E-state index contributed by atoms with van der Waals surface area (Å²) in [4.78, 5) is 10.7. The van der Waals surface area contributed by atoms with E-state index in [2.05, 4.69) is 10.2 Å². The predicted octanol–water partition coefficient (Wildman–Crippen LogP) is -0.0547. The van der Waals surface area contributed by atoms with E-state index in [1.807, 2.05) is 13.2 Å². The Kier molecular flexibility index (Phi) is 2.35. The lowest BCUT2D eigenvalue weighted by Crippen LogP contribution is -2.04. The van der Waals surface area contributed by atoms with Gasteiger partial charge in [-0.3, -0.25) is 9.36 Å². The number of nitrogen functional groups attached to an aromatic ring is 1. The minimum atomic E-state index is -1.12. The quantitative estimate of drug-likeness (QED) is 0.756. The third-order valence-electron chi connectivity index (χ3n) is 2.10. The van der Waals surface area contributed by atoms with E-state index in [4.69, 9.17) is 10.8 Å². The number of aromatic nitrogens is 4. The molecule has 0 saturated heterocycles. The van der Waals surface area contributed by atoms with Crippen molar-refractivity contribution in [3.8, 4) is 0 Å². The highest BCUT2D eigenvalue weighted by Gasteiger charge is 2.13. The molecule has 7 nitrogen and oxygen atoms in total. The lowest BCUT2D eigenvalue weighted by molar-refractivity contribution is 0.0690. The van der Waals surface area contributed by atoms with E-state index in [1.165, 1.54) is 10.9 Å².